The van der Waals surface area contributed by atoms with Crippen LogP contribution in [-0.2, 0) is 23.6 Å². The molecule has 9 heteroatoms. The van der Waals surface area contributed by atoms with E-state index in [1.807, 2.05) is 12.4 Å². The molecule has 1 rings (SSSR count). The summed E-state index contributed by atoms with van der Waals surface area (Å²) >= 11 is 0. The second-order valence-electron chi connectivity index (χ2n) is 4.19. The molecule has 0 amide bonds. The first-order chi connectivity index (χ1) is 9.09. The Morgan fingerprint density at radius 2 is 1.85 bits per heavy atom. The zero-order valence-electron chi connectivity index (χ0n) is 11.4. The topological polar surface area (TPSA) is 72.2 Å². The highest BCUT2D eigenvalue weighted by atomic mass is 32.2. The molecule has 0 atom stereocenters. The van der Waals surface area contributed by atoms with Crippen LogP contribution < -0.4 is 0 Å². The number of alkyl halides is 3. The summed E-state index contributed by atoms with van der Waals surface area (Å²) in [7, 11) is -3.78. The number of aromatic nitrogens is 2. The van der Waals surface area contributed by atoms with Crippen molar-refractivity contribution in [1.82, 2.24) is 9.55 Å². The predicted molar refractivity (Wildman–Crippen MR) is 68.7 cm³/mol. The molecule has 1 aromatic heterocycles. The summed E-state index contributed by atoms with van der Waals surface area (Å²) in [4.78, 5) is 4.28. The number of nitrogens with zero attached hydrogens (tertiary/aromatic N) is 2. The molecule has 0 radical (unpaired) electrons. The number of rotatable bonds is 5. The highest BCUT2D eigenvalue weighted by Crippen LogP contribution is 2.20. The summed E-state index contributed by atoms with van der Waals surface area (Å²) < 4.78 is 59.6. The summed E-state index contributed by atoms with van der Waals surface area (Å²) in [5, 5.41) is 0. The Bertz CT molecular complexity index is 483. The van der Waals surface area contributed by atoms with Gasteiger partial charge in [0, 0.05) is 25.9 Å². The maximum Gasteiger partial charge on any atom is 0.522 e. The van der Waals surface area contributed by atoms with Crippen molar-refractivity contribution >= 4 is 10.1 Å². The summed E-state index contributed by atoms with van der Waals surface area (Å²) in [6.07, 6.45) is 10.3. The molecule has 118 valence electrons. The average Bonchev–Trinajstić information content (AvgIpc) is 2.69. The van der Waals surface area contributed by atoms with Gasteiger partial charge in [-0.1, -0.05) is 26.2 Å². The van der Waals surface area contributed by atoms with Gasteiger partial charge in [0.1, 0.15) is 5.82 Å². The normalized spacial score (nSPS) is 11.9. The Labute approximate surface area is 116 Å². The molecule has 1 N–H and O–H groups in total. The van der Waals surface area contributed by atoms with Crippen molar-refractivity contribution < 1.29 is 26.1 Å². The van der Waals surface area contributed by atoms with E-state index in [4.69, 9.17) is 13.0 Å². The Balaban J connectivity index is 0.000000396. The monoisotopic (exact) mass is 316 g/mol. The molecule has 0 unspecified atom stereocenters. The van der Waals surface area contributed by atoms with E-state index >= 15 is 0 Å². The van der Waals surface area contributed by atoms with Gasteiger partial charge in [-0.3, -0.25) is 4.55 Å². The van der Waals surface area contributed by atoms with E-state index in [-0.39, 0.29) is 0 Å². The third-order valence-corrected chi connectivity index (χ3v) is 3.05. The van der Waals surface area contributed by atoms with E-state index in [9.17, 15) is 13.2 Å². The van der Waals surface area contributed by atoms with Crippen LogP contribution in [0.1, 0.15) is 38.4 Å². The molecular formula is C11H19F3N2O3S. The van der Waals surface area contributed by atoms with E-state index in [1.165, 1.54) is 31.5 Å². The molecule has 1 heterocycles. The maximum atomic E-state index is 10.7. The Kier molecular flexibility index (Phi) is 7.80. The van der Waals surface area contributed by atoms with Gasteiger partial charge < -0.3 is 4.57 Å². The lowest BCUT2D eigenvalue weighted by Gasteiger charge is -2.00. The van der Waals surface area contributed by atoms with Gasteiger partial charge in [-0.15, -0.1) is 0 Å². The molecule has 0 saturated carbocycles. The van der Waals surface area contributed by atoms with Crippen LogP contribution in [0.5, 0.6) is 0 Å². The molecule has 0 saturated heterocycles. The fourth-order valence-corrected chi connectivity index (χ4v) is 1.35. The maximum absolute atomic E-state index is 10.7. The van der Waals surface area contributed by atoms with Gasteiger partial charge in [-0.05, 0) is 6.42 Å². The van der Waals surface area contributed by atoms with Gasteiger partial charge in [0.05, 0.1) is 0 Å². The van der Waals surface area contributed by atoms with Gasteiger partial charge in [-0.2, -0.15) is 21.6 Å². The first kappa shape index (κ1) is 18.9. The second-order valence-corrected chi connectivity index (χ2v) is 5.60. The van der Waals surface area contributed by atoms with E-state index in [2.05, 4.69) is 23.5 Å². The third kappa shape index (κ3) is 7.49. The first-order valence-electron chi connectivity index (χ1n) is 6.09. The fourth-order valence-electron chi connectivity index (χ4n) is 1.35. The molecule has 1 aromatic rings. The molecule has 0 aliphatic heterocycles. The van der Waals surface area contributed by atoms with Crippen LogP contribution in [0.4, 0.5) is 13.2 Å². The lowest BCUT2D eigenvalue weighted by molar-refractivity contribution is -0.0510. The summed E-state index contributed by atoms with van der Waals surface area (Å²) in [5.74, 6) is 1.21. The Hall–Kier alpha value is -1.09. The third-order valence-electron chi connectivity index (χ3n) is 2.47. The van der Waals surface area contributed by atoms with E-state index in [1.54, 1.807) is 0 Å². The van der Waals surface area contributed by atoms with E-state index in [0.29, 0.717) is 0 Å². The van der Waals surface area contributed by atoms with E-state index < -0.39 is 15.6 Å². The second kappa shape index (κ2) is 8.25. The van der Waals surface area contributed by atoms with Crippen LogP contribution in [0.25, 0.3) is 0 Å². The minimum Gasteiger partial charge on any atom is -0.338 e. The van der Waals surface area contributed by atoms with Crippen molar-refractivity contribution in [2.75, 3.05) is 0 Å². The number of halogens is 3. The van der Waals surface area contributed by atoms with Crippen LogP contribution in [0.2, 0.25) is 0 Å². The fraction of sp³-hybridized carbons (Fsp3) is 0.727. The number of aryl methyl sites for hydroxylation is 2. The minimum atomic E-state index is -5.84. The van der Waals surface area contributed by atoms with Crippen LogP contribution in [-0.4, -0.2) is 28.0 Å². The highest BCUT2D eigenvalue weighted by molar-refractivity contribution is 7.86. The number of imidazole rings is 1. The molecule has 0 spiro atoms. The predicted octanol–water partition coefficient (Wildman–Crippen LogP) is 2.94. The molecule has 0 aromatic carbocycles. The summed E-state index contributed by atoms with van der Waals surface area (Å²) in [6.45, 7) is 2.24. The SMILES string of the molecule is CCCCCCc1nccn1C.O=S(=O)(O)C(F)(F)F. The quantitative estimate of drug-likeness (QED) is 0.515. The standard InChI is InChI=1S/C10H18N2.CHF3O3S/c1-3-4-5-6-7-10-11-8-9-12(10)2;2-1(3,4)8(5,6)7/h8-9H,3-7H2,1-2H3;(H,5,6,7). The molecule has 0 aliphatic rings. The van der Waals surface area contributed by atoms with Crippen LogP contribution >= 0.6 is 0 Å². The van der Waals surface area contributed by atoms with Crippen molar-refractivity contribution in [3.8, 4) is 0 Å². The lowest BCUT2D eigenvalue weighted by Crippen LogP contribution is -2.21. The van der Waals surface area contributed by atoms with Crippen molar-refractivity contribution in [3.63, 3.8) is 0 Å². The summed E-state index contributed by atoms with van der Waals surface area (Å²) in [5.41, 5.74) is -5.53. The minimum absolute atomic E-state index is 1.13. The van der Waals surface area contributed by atoms with Crippen molar-refractivity contribution in [2.45, 2.75) is 44.5 Å². The summed E-state index contributed by atoms with van der Waals surface area (Å²) in [6, 6.07) is 0. The Morgan fingerprint density at radius 1 is 1.30 bits per heavy atom. The molecule has 20 heavy (non-hydrogen) atoms. The lowest BCUT2D eigenvalue weighted by atomic mass is 10.1. The van der Waals surface area contributed by atoms with Crippen LogP contribution in [0.15, 0.2) is 12.4 Å². The Morgan fingerprint density at radius 3 is 2.20 bits per heavy atom. The number of unbranched alkanes of at least 4 members (excludes halogenated alkanes) is 3. The zero-order chi connectivity index (χ0) is 15.8. The van der Waals surface area contributed by atoms with Gasteiger partial charge in [0.25, 0.3) is 0 Å². The van der Waals surface area contributed by atoms with Gasteiger partial charge >= 0.3 is 15.6 Å². The number of hydrogen-bond donors (Lipinski definition) is 1. The number of hydrogen-bond acceptors (Lipinski definition) is 3. The zero-order valence-corrected chi connectivity index (χ0v) is 12.2. The first-order valence-corrected chi connectivity index (χ1v) is 7.53. The van der Waals surface area contributed by atoms with Crippen molar-refractivity contribution in [1.29, 1.82) is 0 Å². The molecule has 0 aliphatic carbocycles. The van der Waals surface area contributed by atoms with Crippen LogP contribution in [0.3, 0.4) is 0 Å². The average molecular weight is 316 g/mol. The highest BCUT2D eigenvalue weighted by Gasteiger charge is 2.44. The van der Waals surface area contributed by atoms with Gasteiger partial charge in [0.2, 0.25) is 0 Å². The van der Waals surface area contributed by atoms with Crippen molar-refractivity contribution in [2.24, 2.45) is 7.05 Å². The smallest absolute Gasteiger partial charge is 0.338 e. The van der Waals surface area contributed by atoms with E-state index in [0.717, 1.165) is 6.42 Å². The van der Waals surface area contributed by atoms with Gasteiger partial charge in [-0.25, -0.2) is 4.98 Å². The van der Waals surface area contributed by atoms with Gasteiger partial charge in [0.15, 0.2) is 0 Å². The molecule has 5 nitrogen and oxygen atoms in total. The van der Waals surface area contributed by atoms with Crippen LogP contribution in [0, 0.1) is 0 Å². The molecule has 0 fully saturated rings. The molecule has 0 bridgehead atoms. The molecular weight excluding hydrogens is 297 g/mol. The van der Waals surface area contributed by atoms with Crippen molar-refractivity contribution in [3.05, 3.63) is 18.2 Å². The largest absolute Gasteiger partial charge is 0.522 e.